The highest BCUT2D eigenvalue weighted by molar-refractivity contribution is 5.80. The van der Waals surface area contributed by atoms with E-state index >= 15 is 0 Å². The van der Waals surface area contributed by atoms with Gasteiger partial charge in [0.05, 0.1) is 0 Å². The van der Waals surface area contributed by atoms with Crippen LogP contribution in [0.25, 0.3) is 0 Å². The van der Waals surface area contributed by atoms with Crippen molar-refractivity contribution in [2.24, 2.45) is 5.92 Å². The zero-order chi connectivity index (χ0) is 16.7. The van der Waals surface area contributed by atoms with Gasteiger partial charge in [0.2, 0.25) is 5.91 Å². The molecule has 5 nitrogen and oxygen atoms in total. The molecular formula is C18H22FN3O2. The number of rotatable bonds is 5. The van der Waals surface area contributed by atoms with Crippen LogP contribution in [0, 0.1) is 11.7 Å². The average Bonchev–Trinajstić information content (AvgIpc) is 3.46. The Bertz CT molecular complexity index is 661. The van der Waals surface area contributed by atoms with Gasteiger partial charge in [0.1, 0.15) is 5.82 Å². The Morgan fingerprint density at radius 1 is 1.33 bits per heavy atom. The predicted octanol–water partition coefficient (Wildman–Crippen LogP) is 1.99. The lowest BCUT2D eigenvalue weighted by Gasteiger charge is -2.15. The Balaban J connectivity index is 1.20. The van der Waals surface area contributed by atoms with E-state index in [9.17, 15) is 14.0 Å². The SMILES string of the molecule is O=C(NC[C@@H]1CC(=O)N(C2CC2)C1)N[C@@H]1C[C@H]1c1cccc(F)c1. The normalized spacial score (nSPS) is 28.8. The third-order valence-corrected chi connectivity index (χ3v) is 5.16. The summed E-state index contributed by atoms with van der Waals surface area (Å²) in [5, 5.41) is 5.81. The number of nitrogens with one attached hydrogen (secondary N) is 2. The van der Waals surface area contributed by atoms with E-state index < -0.39 is 0 Å². The molecule has 3 aliphatic rings. The number of hydrogen-bond acceptors (Lipinski definition) is 2. The molecule has 3 amide bonds. The van der Waals surface area contributed by atoms with Crippen molar-refractivity contribution in [3.63, 3.8) is 0 Å². The van der Waals surface area contributed by atoms with Crippen molar-refractivity contribution in [2.45, 2.75) is 43.7 Å². The maximum absolute atomic E-state index is 13.2. The number of amides is 3. The second kappa shape index (κ2) is 6.07. The Labute approximate surface area is 140 Å². The molecule has 6 heteroatoms. The van der Waals surface area contributed by atoms with Crippen LogP contribution in [0.5, 0.6) is 0 Å². The average molecular weight is 331 g/mol. The first-order valence-electron chi connectivity index (χ1n) is 8.69. The summed E-state index contributed by atoms with van der Waals surface area (Å²) in [6, 6.07) is 6.87. The van der Waals surface area contributed by atoms with Gasteiger partial charge in [0.25, 0.3) is 0 Å². The summed E-state index contributed by atoms with van der Waals surface area (Å²) in [5.41, 5.74) is 0.932. The largest absolute Gasteiger partial charge is 0.339 e. The topological polar surface area (TPSA) is 61.4 Å². The van der Waals surface area contributed by atoms with Crippen molar-refractivity contribution in [1.82, 2.24) is 15.5 Å². The third kappa shape index (κ3) is 3.37. The zero-order valence-corrected chi connectivity index (χ0v) is 13.5. The van der Waals surface area contributed by atoms with Gasteiger partial charge in [-0.05, 0) is 37.0 Å². The van der Waals surface area contributed by atoms with Crippen molar-refractivity contribution in [3.8, 4) is 0 Å². The van der Waals surface area contributed by atoms with Gasteiger partial charge < -0.3 is 15.5 Å². The Kier molecular flexibility index (Phi) is 3.90. The monoisotopic (exact) mass is 331 g/mol. The van der Waals surface area contributed by atoms with Crippen LogP contribution in [-0.4, -0.2) is 42.0 Å². The van der Waals surface area contributed by atoms with Crippen molar-refractivity contribution in [2.75, 3.05) is 13.1 Å². The number of halogens is 1. The molecule has 1 heterocycles. The maximum Gasteiger partial charge on any atom is 0.315 e. The second-order valence-electron chi connectivity index (χ2n) is 7.21. The van der Waals surface area contributed by atoms with Gasteiger partial charge in [-0.15, -0.1) is 0 Å². The first-order valence-corrected chi connectivity index (χ1v) is 8.69. The lowest BCUT2D eigenvalue weighted by molar-refractivity contribution is -0.128. The Morgan fingerprint density at radius 3 is 2.92 bits per heavy atom. The number of carbonyl (C=O) groups excluding carboxylic acids is 2. The van der Waals surface area contributed by atoms with E-state index in [-0.39, 0.29) is 35.6 Å². The highest BCUT2D eigenvalue weighted by atomic mass is 19.1. The molecular weight excluding hydrogens is 309 g/mol. The van der Waals surface area contributed by atoms with Crippen LogP contribution in [-0.2, 0) is 4.79 Å². The summed E-state index contributed by atoms with van der Waals surface area (Å²) in [7, 11) is 0. The van der Waals surface area contributed by atoms with Crippen LogP contribution in [0.4, 0.5) is 9.18 Å². The van der Waals surface area contributed by atoms with E-state index in [2.05, 4.69) is 10.6 Å². The molecule has 0 radical (unpaired) electrons. The summed E-state index contributed by atoms with van der Waals surface area (Å²) in [5.74, 6) is 0.388. The van der Waals surface area contributed by atoms with E-state index in [1.807, 2.05) is 11.0 Å². The van der Waals surface area contributed by atoms with E-state index in [1.165, 1.54) is 12.1 Å². The Hall–Kier alpha value is -2.11. The summed E-state index contributed by atoms with van der Waals surface area (Å²) in [6.45, 7) is 1.29. The minimum atomic E-state index is -0.242. The standard InChI is InChI=1S/C18H22FN3O2/c19-13-3-1-2-12(7-13)15-8-16(15)21-18(24)20-9-11-6-17(23)22(10-11)14-4-5-14/h1-3,7,11,14-16H,4-6,8-10H2,(H2,20,21,24)/t11-,15-,16+/m0/s1. The molecule has 3 atom stereocenters. The van der Waals surface area contributed by atoms with Crippen LogP contribution in [0.15, 0.2) is 24.3 Å². The number of nitrogens with zero attached hydrogens (tertiary/aromatic N) is 1. The number of benzene rings is 1. The number of hydrogen-bond donors (Lipinski definition) is 2. The highest BCUT2D eigenvalue weighted by Gasteiger charge is 2.41. The number of carbonyl (C=O) groups is 2. The summed E-state index contributed by atoms with van der Waals surface area (Å²) in [4.78, 5) is 25.9. The van der Waals surface area contributed by atoms with Crippen LogP contribution in [0.3, 0.4) is 0 Å². The molecule has 0 spiro atoms. The van der Waals surface area contributed by atoms with Crippen LogP contribution < -0.4 is 10.6 Å². The van der Waals surface area contributed by atoms with Crippen molar-refractivity contribution >= 4 is 11.9 Å². The van der Waals surface area contributed by atoms with Crippen LogP contribution >= 0.6 is 0 Å². The van der Waals surface area contributed by atoms with Gasteiger partial charge in [-0.1, -0.05) is 12.1 Å². The molecule has 3 fully saturated rings. The van der Waals surface area contributed by atoms with Gasteiger partial charge in [-0.25, -0.2) is 9.18 Å². The lowest BCUT2D eigenvalue weighted by Crippen LogP contribution is -2.40. The van der Waals surface area contributed by atoms with Gasteiger partial charge in [-0.3, -0.25) is 4.79 Å². The molecule has 0 bridgehead atoms. The van der Waals surface area contributed by atoms with Crippen molar-refractivity contribution < 1.29 is 14.0 Å². The van der Waals surface area contributed by atoms with E-state index in [0.717, 1.165) is 31.4 Å². The van der Waals surface area contributed by atoms with Gasteiger partial charge in [0, 0.05) is 43.4 Å². The number of urea groups is 1. The van der Waals surface area contributed by atoms with E-state index in [4.69, 9.17) is 0 Å². The van der Waals surface area contributed by atoms with Gasteiger partial charge in [-0.2, -0.15) is 0 Å². The van der Waals surface area contributed by atoms with E-state index in [1.54, 1.807) is 6.07 Å². The molecule has 1 saturated heterocycles. The predicted molar refractivity (Wildman–Crippen MR) is 86.9 cm³/mol. The van der Waals surface area contributed by atoms with Gasteiger partial charge >= 0.3 is 6.03 Å². The molecule has 1 aliphatic heterocycles. The first kappa shape index (κ1) is 15.4. The minimum absolute atomic E-state index is 0.0694. The molecule has 1 aromatic rings. The maximum atomic E-state index is 13.2. The molecule has 24 heavy (non-hydrogen) atoms. The van der Waals surface area contributed by atoms with Crippen LogP contribution in [0.1, 0.15) is 37.2 Å². The number of likely N-dealkylation sites (tertiary alicyclic amines) is 1. The highest BCUT2D eigenvalue weighted by Crippen LogP contribution is 2.40. The summed E-state index contributed by atoms with van der Waals surface area (Å²) >= 11 is 0. The van der Waals surface area contributed by atoms with Crippen molar-refractivity contribution in [3.05, 3.63) is 35.6 Å². The lowest BCUT2D eigenvalue weighted by atomic mass is 10.1. The zero-order valence-electron chi connectivity index (χ0n) is 13.5. The molecule has 2 saturated carbocycles. The molecule has 2 aliphatic carbocycles. The molecule has 4 rings (SSSR count). The summed E-state index contributed by atoms with van der Waals surface area (Å²) < 4.78 is 13.2. The third-order valence-electron chi connectivity index (χ3n) is 5.16. The van der Waals surface area contributed by atoms with Crippen LogP contribution in [0.2, 0.25) is 0 Å². The fraction of sp³-hybridized carbons (Fsp3) is 0.556. The quantitative estimate of drug-likeness (QED) is 0.867. The molecule has 0 unspecified atom stereocenters. The Morgan fingerprint density at radius 2 is 2.17 bits per heavy atom. The van der Waals surface area contributed by atoms with Gasteiger partial charge in [0.15, 0.2) is 0 Å². The fourth-order valence-electron chi connectivity index (χ4n) is 3.60. The molecule has 0 aromatic heterocycles. The fourth-order valence-corrected chi connectivity index (χ4v) is 3.60. The molecule has 128 valence electrons. The molecule has 2 N–H and O–H groups in total. The van der Waals surface area contributed by atoms with Crippen molar-refractivity contribution in [1.29, 1.82) is 0 Å². The smallest absolute Gasteiger partial charge is 0.315 e. The van der Waals surface area contributed by atoms with E-state index in [0.29, 0.717) is 19.0 Å². The first-order chi connectivity index (χ1) is 11.6. The summed E-state index contributed by atoms with van der Waals surface area (Å²) in [6.07, 6.45) is 3.62. The minimum Gasteiger partial charge on any atom is -0.339 e. The molecule has 1 aromatic carbocycles. The second-order valence-corrected chi connectivity index (χ2v) is 7.21.